The molecule has 0 spiro atoms. The molecule has 0 unspecified atom stereocenters. The Morgan fingerprint density at radius 3 is 0.897 bits per heavy atom. The molecule has 0 N–H and O–H groups in total. The molecule has 0 aromatic heterocycles. The van der Waals surface area contributed by atoms with Gasteiger partial charge in [-0.2, -0.15) is 0 Å². The summed E-state index contributed by atoms with van der Waals surface area (Å²) >= 11 is 0. The first-order chi connectivity index (χ1) is 12.8. The quantitative estimate of drug-likeness (QED) is 0.409. The number of rotatable bonds is 2. The molecule has 0 aliphatic heterocycles. The molecule has 0 saturated heterocycles. The van der Waals surface area contributed by atoms with E-state index in [0.717, 1.165) is 11.1 Å². The molecule has 0 fully saturated rings. The van der Waals surface area contributed by atoms with Crippen molar-refractivity contribution in [3.63, 3.8) is 0 Å². The number of aryl methyl sites for hydroxylation is 2. The maximum Gasteiger partial charge on any atom is 2.00 e. The maximum absolute atomic E-state index is 10.4. The van der Waals surface area contributed by atoms with E-state index in [1.807, 2.05) is 13.8 Å². The minimum absolute atomic E-state index is 0. The SMILES string of the molecule is CCC.CCC.Cc1ccc(S(=O)(=O)[O-])cc1.Cc1ccc(S(=O)(=O)[O-])cc1.[Sn+2]. The van der Waals surface area contributed by atoms with Crippen molar-refractivity contribution in [1.82, 2.24) is 0 Å². The summed E-state index contributed by atoms with van der Waals surface area (Å²) in [5.74, 6) is 0. The number of hydrogen-bond acceptors (Lipinski definition) is 6. The van der Waals surface area contributed by atoms with E-state index >= 15 is 0 Å². The molecular weight excluding hydrogens is 519 g/mol. The van der Waals surface area contributed by atoms with E-state index in [0.29, 0.717) is 0 Å². The molecule has 9 heteroatoms. The Morgan fingerprint density at radius 1 is 0.586 bits per heavy atom. The van der Waals surface area contributed by atoms with Gasteiger partial charge in [0.15, 0.2) is 0 Å². The van der Waals surface area contributed by atoms with Crippen molar-refractivity contribution in [2.24, 2.45) is 0 Å². The molecule has 0 bridgehead atoms. The minimum Gasteiger partial charge on any atom is -0.744 e. The van der Waals surface area contributed by atoms with Crippen molar-refractivity contribution >= 4 is 44.1 Å². The normalized spacial score (nSPS) is 9.93. The van der Waals surface area contributed by atoms with E-state index in [1.54, 1.807) is 24.3 Å². The monoisotopic (exact) mass is 550 g/mol. The standard InChI is InChI=1S/2C7H8O3S.2C3H8.Sn/c2*1-6-2-4-7(5-3-6)11(8,9)10;2*1-3-2;/h2*2-5H,1H3,(H,8,9,10);2*3H2,1-2H3;/q;;;;+2/p-2. The summed E-state index contributed by atoms with van der Waals surface area (Å²) in [4.78, 5) is -0.355. The van der Waals surface area contributed by atoms with Gasteiger partial charge >= 0.3 is 23.9 Å². The van der Waals surface area contributed by atoms with Crippen molar-refractivity contribution in [2.45, 2.75) is 64.2 Å². The molecule has 0 aliphatic rings. The van der Waals surface area contributed by atoms with Crippen LogP contribution in [0.4, 0.5) is 0 Å². The third-order valence-corrected chi connectivity index (χ3v) is 4.32. The van der Waals surface area contributed by atoms with E-state index in [4.69, 9.17) is 0 Å². The third-order valence-electron chi connectivity index (χ3n) is 2.62. The Balaban J connectivity index is -0.000000358. The molecular formula is C20H30O6S2Sn. The first kappa shape index (κ1) is 32.7. The summed E-state index contributed by atoms with van der Waals surface area (Å²) in [6.45, 7) is 12.1. The van der Waals surface area contributed by atoms with Gasteiger partial charge in [0.2, 0.25) is 0 Å². The first-order valence-electron chi connectivity index (χ1n) is 8.88. The van der Waals surface area contributed by atoms with Gasteiger partial charge in [-0.25, -0.2) is 16.8 Å². The molecule has 162 valence electrons. The molecule has 0 amide bonds. The summed E-state index contributed by atoms with van der Waals surface area (Å²) in [6, 6.07) is 11.6. The van der Waals surface area contributed by atoms with Crippen LogP contribution in [0.1, 0.15) is 51.7 Å². The first-order valence-corrected chi connectivity index (χ1v) is 11.7. The van der Waals surface area contributed by atoms with Gasteiger partial charge < -0.3 is 9.11 Å². The Kier molecular flexibility index (Phi) is 19.0. The van der Waals surface area contributed by atoms with Gasteiger partial charge in [0.25, 0.3) is 0 Å². The topological polar surface area (TPSA) is 114 Å². The van der Waals surface area contributed by atoms with E-state index in [2.05, 4.69) is 27.7 Å². The van der Waals surface area contributed by atoms with Gasteiger partial charge in [0.1, 0.15) is 20.2 Å². The predicted molar refractivity (Wildman–Crippen MR) is 116 cm³/mol. The minimum atomic E-state index is -4.27. The summed E-state index contributed by atoms with van der Waals surface area (Å²) in [5, 5.41) is 0. The van der Waals surface area contributed by atoms with Gasteiger partial charge in [-0.15, -0.1) is 0 Å². The van der Waals surface area contributed by atoms with Gasteiger partial charge in [-0.3, -0.25) is 0 Å². The summed E-state index contributed by atoms with van der Waals surface area (Å²) in [5.41, 5.74) is 1.86. The van der Waals surface area contributed by atoms with Gasteiger partial charge in [-0.05, 0) is 38.1 Å². The Morgan fingerprint density at radius 2 is 0.759 bits per heavy atom. The predicted octanol–water partition coefficient (Wildman–Crippen LogP) is 4.25. The van der Waals surface area contributed by atoms with Crippen molar-refractivity contribution < 1.29 is 25.9 Å². The van der Waals surface area contributed by atoms with Crippen LogP contribution in [0.3, 0.4) is 0 Å². The Hall–Kier alpha value is -0.941. The van der Waals surface area contributed by atoms with Crippen molar-refractivity contribution in [3.8, 4) is 0 Å². The number of benzene rings is 2. The Labute approximate surface area is 193 Å². The second kappa shape index (κ2) is 16.8. The van der Waals surface area contributed by atoms with E-state index in [1.165, 1.54) is 37.1 Å². The van der Waals surface area contributed by atoms with Crippen LogP contribution in [0.25, 0.3) is 0 Å². The smallest absolute Gasteiger partial charge is 0.744 e. The zero-order valence-corrected chi connectivity index (χ0v) is 22.3. The van der Waals surface area contributed by atoms with Crippen LogP contribution in [-0.4, -0.2) is 49.8 Å². The van der Waals surface area contributed by atoms with Gasteiger partial charge in [0.05, 0.1) is 9.79 Å². The van der Waals surface area contributed by atoms with Crippen LogP contribution in [0.5, 0.6) is 0 Å². The van der Waals surface area contributed by atoms with Crippen LogP contribution in [0.2, 0.25) is 0 Å². The molecule has 2 aromatic rings. The second-order valence-electron chi connectivity index (χ2n) is 5.95. The molecule has 29 heavy (non-hydrogen) atoms. The Bertz CT molecular complexity index is 785. The van der Waals surface area contributed by atoms with Crippen molar-refractivity contribution in [1.29, 1.82) is 0 Å². The molecule has 2 aromatic carbocycles. The molecule has 2 rings (SSSR count). The van der Waals surface area contributed by atoms with Crippen molar-refractivity contribution in [2.75, 3.05) is 0 Å². The largest absolute Gasteiger partial charge is 2.00 e. The fraction of sp³-hybridized carbons (Fsp3) is 0.400. The summed E-state index contributed by atoms with van der Waals surface area (Å²) in [7, 11) is -8.54. The van der Waals surface area contributed by atoms with Crippen LogP contribution >= 0.6 is 0 Å². The third kappa shape index (κ3) is 17.6. The fourth-order valence-electron chi connectivity index (χ4n) is 1.41. The van der Waals surface area contributed by atoms with E-state index < -0.39 is 20.2 Å². The zero-order chi connectivity index (χ0) is 22.4. The van der Waals surface area contributed by atoms with Crippen LogP contribution in [0.15, 0.2) is 58.3 Å². The molecule has 6 nitrogen and oxygen atoms in total. The van der Waals surface area contributed by atoms with Crippen LogP contribution < -0.4 is 0 Å². The van der Waals surface area contributed by atoms with Crippen LogP contribution in [-0.2, 0) is 20.2 Å². The zero-order valence-electron chi connectivity index (χ0n) is 17.8. The summed E-state index contributed by atoms with van der Waals surface area (Å²) in [6.07, 6.45) is 2.50. The van der Waals surface area contributed by atoms with Gasteiger partial charge in [-0.1, -0.05) is 75.9 Å². The average Bonchev–Trinajstić information content (AvgIpc) is 2.56. The van der Waals surface area contributed by atoms with E-state index in [-0.39, 0.29) is 33.7 Å². The van der Waals surface area contributed by atoms with Crippen LogP contribution in [0, 0.1) is 13.8 Å². The summed E-state index contributed by atoms with van der Waals surface area (Å²) < 4.78 is 62.3. The van der Waals surface area contributed by atoms with E-state index in [9.17, 15) is 25.9 Å². The fourth-order valence-corrected chi connectivity index (χ4v) is 2.35. The molecule has 2 radical (unpaired) electrons. The van der Waals surface area contributed by atoms with Gasteiger partial charge in [0, 0.05) is 0 Å². The average molecular weight is 549 g/mol. The number of hydrogen-bond donors (Lipinski definition) is 0. The molecule has 0 heterocycles. The van der Waals surface area contributed by atoms with Crippen molar-refractivity contribution in [3.05, 3.63) is 59.7 Å². The molecule has 0 atom stereocenters. The maximum atomic E-state index is 10.4. The molecule has 0 aliphatic carbocycles. The second-order valence-corrected chi connectivity index (χ2v) is 8.71. The molecule has 0 saturated carbocycles.